The second-order valence-electron chi connectivity index (χ2n) is 10.6. The zero-order valence-electron chi connectivity index (χ0n) is 19.2. The lowest BCUT2D eigenvalue weighted by molar-refractivity contribution is -0.293. The Balaban J connectivity index is 3.29. The third kappa shape index (κ3) is 6.67. The van der Waals surface area contributed by atoms with Crippen LogP contribution in [0.4, 0.5) is 0 Å². The maximum atomic E-state index is 12.6. The summed E-state index contributed by atoms with van der Waals surface area (Å²) in [7, 11) is 0. The maximum Gasteiger partial charge on any atom is 0.311 e. The molecule has 0 saturated carbocycles. The van der Waals surface area contributed by atoms with Crippen LogP contribution in [0.15, 0.2) is 0 Å². The van der Waals surface area contributed by atoms with Gasteiger partial charge in [-0.25, -0.2) is 0 Å². The van der Waals surface area contributed by atoms with E-state index in [-0.39, 0.29) is 0 Å². The minimum atomic E-state index is -1.54. The summed E-state index contributed by atoms with van der Waals surface area (Å²) in [6, 6.07) is 0. The van der Waals surface area contributed by atoms with Gasteiger partial charge in [-0.3, -0.25) is 14.4 Å². The molecule has 0 aromatic rings. The molecule has 0 spiro atoms. The summed E-state index contributed by atoms with van der Waals surface area (Å²) < 4.78 is 22.1. The lowest BCUT2D eigenvalue weighted by atomic mass is 9.93. The average Bonchev–Trinajstić information content (AvgIpc) is 2.51. The van der Waals surface area contributed by atoms with Crippen LogP contribution in [0.2, 0.25) is 0 Å². The van der Waals surface area contributed by atoms with Crippen molar-refractivity contribution < 1.29 is 38.4 Å². The molecule has 0 bridgehead atoms. The van der Waals surface area contributed by atoms with Crippen LogP contribution in [0.3, 0.4) is 0 Å². The summed E-state index contributed by atoms with van der Waals surface area (Å²) in [4.78, 5) is 37.5. The first-order valence-corrected chi connectivity index (χ1v) is 9.82. The number of esters is 3. The Labute approximate surface area is 173 Å². The summed E-state index contributed by atoms with van der Waals surface area (Å²) in [5, 5.41) is 10.4. The molecule has 1 heterocycles. The Hall–Kier alpha value is -1.67. The molecule has 5 atom stereocenters. The lowest BCUT2D eigenvalue weighted by Crippen LogP contribution is -2.62. The number of carbonyl (C=O) groups excluding carboxylic acids is 3. The highest BCUT2D eigenvalue weighted by molar-refractivity contribution is 5.77. The van der Waals surface area contributed by atoms with Gasteiger partial charge < -0.3 is 24.1 Å². The van der Waals surface area contributed by atoms with Gasteiger partial charge in [0.2, 0.25) is 0 Å². The normalized spacial score (nSPS) is 28.4. The van der Waals surface area contributed by atoms with Crippen molar-refractivity contribution in [3.05, 3.63) is 0 Å². The molecule has 0 aromatic heterocycles. The fraction of sp³-hybridized carbons (Fsp3) is 0.857. The van der Waals surface area contributed by atoms with E-state index in [9.17, 15) is 19.5 Å². The van der Waals surface area contributed by atoms with Gasteiger partial charge in [0.15, 0.2) is 24.6 Å². The van der Waals surface area contributed by atoms with Crippen molar-refractivity contribution in [3.8, 4) is 0 Å². The number of carbonyl (C=O) groups is 3. The zero-order chi connectivity index (χ0) is 22.9. The fourth-order valence-corrected chi connectivity index (χ4v) is 2.31. The van der Waals surface area contributed by atoms with E-state index in [1.807, 2.05) is 0 Å². The van der Waals surface area contributed by atoms with E-state index < -0.39 is 64.9 Å². The highest BCUT2D eigenvalue weighted by atomic mass is 16.7. The van der Waals surface area contributed by atoms with Crippen LogP contribution in [0.1, 0.15) is 69.2 Å². The molecule has 1 N–H and O–H groups in total. The first-order chi connectivity index (χ1) is 12.9. The van der Waals surface area contributed by atoms with Crippen LogP contribution in [0.5, 0.6) is 0 Å². The molecule has 1 fully saturated rings. The topological polar surface area (TPSA) is 108 Å². The van der Waals surface area contributed by atoms with Gasteiger partial charge in [0.25, 0.3) is 0 Å². The second-order valence-corrected chi connectivity index (χ2v) is 10.6. The number of aliphatic hydroxyl groups excluding tert-OH is 1. The molecular formula is C21H36O8. The van der Waals surface area contributed by atoms with Crippen LogP contribution in [-0.4, -0.2) is 53.7 Å². The summed E-state index contributed by atoms with van der Waals surface area (Å²) in [5.41, 5.74) is -2.53. The minimum absolute atomic E-state index is 0.535. The van der Waals surface area contributed by atoms with E-state index in [1.165, 1.54) is 0 Å². The van der Waals surface area contributed by atoms with Gasteiger partial charge in [0.05, 0.1) is 22.3 Å². The highest BCUT2D eigenvalue weighted by Gasteiger charge is 2.52. The summed E-state index contributed by atoms with van der Waals surface area (Å²) in [6.07, 6.45) is -5.97. The van der Waals surface area contributed by atoms with Gasteiger partial charge in [0, 0.05) is 0 Å². The predicted octanol–water partition coefficient (Wildman–Crippen LogP) is 2.60. The molecule has 29 heavy (non-hydrogen) atoms. The monoisotopic (exact) mass is 416 g/mol. The van der Waals surface area contributed by atoms with Crippen LogP contribution >= 0.6 is 0 Å². The van der Waals surface area contributed by atoms with Gasteiger partial charge in [-0.15, -0.1) is 0 Å². The molecule has 1 unspecified atom stereocenters. The lowest BCUT2D eigenvalue weighted by Gasteiger charge is -2.43. The Bertz CT molecular complexity index is 580. The van der Waals surface area contributed by atoms with E-state index in [1.54, 1.807) is 69.2 Å². The molecule has 1 aliphatic heterocycles. The first kappa shape index (κ1) is 25.4. The standard InChI is InChI=1S/C21H36O8/c1-11-12(27-16(23)19(2,3)4)13(28-17(24)20(5,6)7)14(15(22)26-11)29-18(25)21(8,9)10/h11-15,22H,1-10H3/t11-,12+,13+,14-,15?/m0/s1. The molecular weight excluding hydrogens is 380 g/mol. The minimum Gasteiger partial charge on any atom is -0.455 e. The molecule has 8 heteroatoms. The Morgan fingerprint density at radius 2 is 0.966 bits per heavy atom. The number of hydrogen-bond donors (Lipinski definition) is 1. The van der Waals surface area contributed by atoms with E-state index in [0.717, 1.165) is 0 Å². The van der Waals surface area contributed by atoms with Crippen LogP contribution in [0.25, 0.3) is 0 Å². The second kappa shape index (κ2) is 8.60. The van der Waals surface area contributed by atoms with Crippen molar-refractivity contribution in [1.82, 2.24) is 0 Å². The van der Waals surface area contributed by atoms with Crippen LogP contribution in [0, 0.1) is 16.2 Å². The first-order valence-electron chi connectivity index (χ1n) is 9.82. The third-order valence-corrected chi connectivity index (χ3v) is 4.31. The molecule has 0 radical (unpaired) electrons. The Morgan fingerprint density at radius 1 is 0.655 bits per heavy atom. The fourth-order valence-electron chi connectivity index (χ4n) is 2.31. The molecule has 8 nitrogen and oxygen atoms in total. The van der Waals surface area contributed by atoms with Crippen molar-refractivity contribution in [2.75, 3.05) is 0 Å². The van der Waals surface area contributed by atoms with Crippen LogP contribution in [-0.2, 0) is 33.3 Å². The predicted molar refractivity (Wildman–Crippen MR) is 105 cm³/mol. The third-order valence-electron chi connectivity index (χ3n) is 4.31. The van der Waals surface area contributed by atoms with Crippen molar-refractivity contribution in [1.29, 1.82) is 0 Å². The van der Waals surface area contributed by atoms with E-state index in [2.05, 4.69) is 0 Å². The number of aliphatic hydroxyl groups is 1. The van der Waals surface area contributed by atoms with Gasteiger partial charge in [0.1, 0.15) is 0 Å². The number of hydrogen-bond acceptors (Lipinski definition) is 8. The zero-order valence-corrected chi connectivity index (χ0v) is 19.2. The van der Waals surface area contributed by atoms with Gasteiger partial charge >= 0.3 is 17.9 Å². The van der Waals surface area contributed by atoms with Gasteiger partial charge in [-0.05, 0) is 69.2 Å². The SMILES string of the molecule is C[C@@H]1OC(O)[C@@H](OC(=O)C(C)(C)C)[C@H](OC(=O)C(C)(C)C)[C@@H]1OC(=O)C(C)(C)C. The Morgan fingerprint density at radius 3 is 1.31 bits per heavy atom. The quantitative estimate of drug-likeness (QED) is 0.552. The largest absolute Gasteiger partial charge is 0.455 e. The van der Waals surface area contributed by atoms with Gasteiger partial charge in [-0.2, -0.15) is 0 Å². The van der Waals surface area contributed by atoms with E-state index >= 15 is 0 Å². The molecule has 1 saturated heterocycles. The molecule has 0 aliphatic carbocycles. The van der Waals surface area contributed by atoms with Crippen LogP contribution < -0.4 is 0 Å². The molecule has 0 aromatic carbocycles. The highest BCUT2D eigenvalue weighted by Crippen LogP contribution is 2.32. The van der Waals surface area contributed by atoms with Crippen molar-refractivity contribution >= 4 is 17.9 Å². The maximum absolute atomic E-state index is 12.6. The summed E-state index contributed by atoms with van der Waals surface area (Å²) in [6.45, 7) is 16.6. The Kier molecular flexibility index (Phi) is 7.52. The summed E-state index contributed by atoms with van der Waals surface area (Å²) in [5.74, 6) is -1.73. The van der Waals surface area contributed by atoms with E-state index in [4.69, 9.17) is 18.9 Å². The van der Waals surface area contributed by atoms with E-state index in [0.29, 0.717) is 0 Å². The van der Waals surface area contributed by atoms with Crippen molar-refractivity contribution in [2.24, 2.45) is 16.2 Å². The van der Waals surface area contributed by atoms with Crippen molar-refractivity contribution in [2.45, 2.75) is 99.9 Å². The number of ether oxygens (including phenoxy) is 4. The van der Waals surface area contributed by atoms with Crippen molar-refractivity contribution in [3.63, 3.8) is 0 Å². The smallest absolute Gasteiger partial charge is 0.311 e. The summed E-state index contributed by atoms with van der Waals surface area (Å²) >= 11 is 0. The molecule has 168 valence electrons. The number of rotatable bonds is 3. The molecule has 0 amide bonds. The molecule has 1 rings (SSSR count). The molecule has 1 aliphatic rings. The van der Waals surface area contributed by atoms with Gasteiger partial charge in [-0.1, -0.05) is 0 Å². The average molecular weight is 417 g/mol.